The van der Waals surface area contributed by atoms with Crippen LogP contribution in [0, 0.1) is 19.8 Å². The van der Waals surface area contributed by atoms with E-state index in [2.05, 4.69) is 49.3 Å². The van der Waals surface area contributed by atoms with Crippen molar-refractivity contribution >= 4 is 24.0 Å². The number of amides is 1. The lowest BCUT2D eigenvalue weighted by Gasteiger charge is -2.29. The minimum atomic E-state index is -0.0587. The Morgan fingerprint density at radius 1 is 1.18 bits per heavy atom. The van der Waals surface area contributed by atoms with Gasteiger partial charge in [-0.25, -0.2) is 0 Å². The van der Waals surface area contributed by atoms with Gasteiger partial charge in [0.25, 0.3) is 0 Å². The van der Waals surface area contributed by atoms with Gasteiger partial charge in [-0.05, 0) is 86.8 Å². The van der Waals surface area contributed by atoms with Crippen LogP contribution in [-0.4, -0.2) is 37.6 Å². The van der Waals surface area contributed by atoms with E-state index in [1.54, 1.807) is 0 Å². The Morgan fingerprint density at radius 2 is 1.89 bits per heavy atom. The van der Waals surface area contributed by atoms with Gasteiger partial charge in [-0.2, -0.15) is 0 Å². The molecule has 0 aromatic heterocycles. The third kappa shape index (κ3) is 5.73. The number of halogens is 1. The van der Waals surface area contributed by atoms with E-state index in [4.69, 9.17) is 4.74 Å². The maximum Gasteiger partial charge on any atom is 0.221 e. The number of benzene rings is 2. The monoisotopic (exact) mass is 402 g/mol. The SMILES string of the molecule is CC(=O)Nc1cccc(-c2cc(C)c(OCC3CCCN(C)C3)c(C)c2)c1.Cl. The number of hydrogen-bond acceptors (Lipinski definition) is 3. The molecular weight excluding hydrogens is 372 g/mol. The molecule has 1 fully saturated rings. The van der Waals surface area contributed by atoms with Crippen LogP contribution in [0.1, 0.15) is 30.9 Å². The predicted octanol–water partition coefficient (Wildman–Crippen LogP) is 5.07. The van der Waals surface area contributed by atoms with E-state index in [1.165, 1.54) is 26.3 Å². The first-order valence-electron chi connectivity index (χ1n) is 9.73. The van der Waals surface area contributed by atoms with Crippen LogP contribution >= 0.6 is 12.4 Å². The minimum absolute atomic E-state index is 0. The van der Waals surface area contributed by atoms with E-state index in [9.17, 15) is 4.79 Å². The highest BCUT2D eigenvalue weighted by molar-refractivity contribution is 5.89. The first-order chi connectivity index (χ1) is 12.9. The van der Waals surface area contributed by atoms with Gasteiger partial charge in [-0.3, -0.25) is 4.79 Å². The van der Waals surface area contributed by atoms with Gasteiger partial charge in [0.05, 0.1) is 6.61 Å². The highest BCUT2D eigenvalue weighted by Crippen LogP contribution is 2.32. The molecule has 28 heavy (non-hydrogen) atoms. The smallest absolute Gasteiger partial charge is 0.221 e. The Morgan fingerprint density at radius 3 is 2.54 bits per heavy atom. The fraction of sp³-hybridized carbons (Fsp3) is 0.435. The van der Waals surface area contributed by atoms with Crippen LogP contribution in [-0.2, 0) is 4.79 Å². The van der Waals surface area contributed by atoms with E-state index in [1.807, 2.05) is 18.2 Å². The molecule has 2 aromatic rings. The number of likely N-dealkylation sites (tertiary alicyclic amines) is 1. The van der Waals surface area contributed by atoms with Crippen molar-refractivity contribution in [3.05, 3.63) is 47.5 Å². The molecule has 4 nitrogen and oxygen atoms in total. The zero-order chi connectivity index (χ0) is 19.4. The highest BCUT2D eigenvalue weighted by atomic mass is 35.5. The number of piperidine rings is 1. The second-order valence-corrected chi connectivity index (χ2v) is 7.78. The summed E-state index contributed by atoms with van der Waals surface area (Å²) in [6.07, 6.45) is 2.50. The van der Waals surface area contributed by atoms with Crippen LogP contribution in [0.15, 0.2) is 36.4 Å². The molecule has 0 spiro atoms. The molecule has 1 amide bonds. The number of carbonyl (C=O) groups is 1. The van der Waals surface area contributed by atoms with Gasteiger partial charge in [0.15, 0.2) is 0 Å². The zero-order valence-corrected chi connectivity index (χ0v) is 18.1. The third-order valence-electron chi connectivity index (χ3n) is 5.16. The fourth-order valence-electron chi connectivity index (χ4n) is 3.93. The summed E-state index contributed by atoms with van der Waals surface area (Å²) in [6, 6.07) is 12.3. The second-order valence-electron chi connectivity index (χ2n) is 7.78. The van der Waals surface area contributed by atoms with Gasteiger partial charge in [0.2, 0.25) is 5.91 Å². The summed E-state index contributed by atoms with van der Waals surface area (Å²) in [5.41, 5.74) is 5.35. The molecule has 1 N–H and O–H groups in total. The summed E-state index contributed by atoms with van der Waals surface area (Å²) in [5, 5.41) is 2.85. The van der Waals surface area contributed by atoms with E-state index in [0.29, 0.717) is 5.92 Å². The Bertz CT molecular complexity index is 799. The Kier molecular flexibility index (Phi) is 7.90. The number of hydrogen-bond donors (Lipinski definition) is 1. The summed E-state index contributed by atoms with van der Waals surface area (Å²) >= 11 is 0. The number of nitrogens with one attached hydrogen (secondary N) is 1. The van der Waals surface area contributed by atoms with Gasteiger partial charge in [-0.1, -0.05) is 12.1 Å². The minimum Gasteiger partial charge on any atom is -0.493 e. The second kappa shape index (κ2) is 9.94. The lowest BCUT2D eigenvalue weighted by molar-refractivity contribution is -0.114. The predicted molar refractivity (Wildman–Crippen MR) is 119 cm³/mol. The first kappa shape index (κ1) is 22.3. The molecular formula is C23H31ClN2O2. The van der Waals surface area contributed by atoms with Crippen LogP contribution in [0.5, 0.6) is 5.75 Å². The largest absolute Gasteiger partial charge is 0.493 e. The topological polar surface area (TPSA) is 41.6 Å². The molecule has 1 aliphatic rings. The molecule has 1 heterocycles. The standard InChI is InChI=1S/C23H30N2O2.ClH/c1-16-11-21(20-8-5-9-22(13-20)24-18(3)26)12-17(2)23(16)27-15-19-7-6-10-25(4)14-19;/h5,8-9,11-13,19H,6-7,10,14-15H2,1-4H3,(H,24,26);1H. The average Bonchev–Trinajstić information content (AvgIpc) is 2.60. The van der Waals surface area contributed by atoms with E-state index in [0.717, 1.165) is 46.8 Å². The van der Waals surface area contributed by atoms with Gasteiger partial charge < -0.3 is 15.0 Å². The van der Waals surface area contributed by atoms with Gasteiger partial charge in [0.1, 0.15) is 5.75 Å². The van der Waals surface area contributed by atoms with Crippen LogP contribution in [0.4, 0.5) is 5.69 Å². The quantitative estimate of drug-likeness (QED) is 0.758. The van der Waals surface area contributed by atoms with Crippen LogP contribution < -0.4 is 10.1 Å². The summed E-state index contributed by atoms with van der Waals surface area (Å²) in [5.74, 6) is 1.55. The average molecular weight is 403 g/mol. The van der Waals surface area contributed by atoms with Crippen LogP contribution in [0.25, 0.3) is 11.1 Å². The number of anilines is 1. The summed E-state index contributed by atoms with van der Waals surface area (Å²) in [4.78, 5) is 13.7. The third-order valence-corrected chi connectivity index (χ3v) is 5.16. The number of nitrogens with zero attached hydrogens (tertiary/aromatic N) is 1. The molecule has 1 saturated heterocycles. The van der Waals surface area contributed by atoms with Crippen LogP contribution in [0.3, 0.4) is 0 Å². The molecule has 2 aromatic carbocycles. The van der Waals surface area contributed by atoms with Crippen LogP contribution in [0.2, 0.25) is 0 Å². The number of ether oxygens (including phenoxy) is 1. The lowest BCUT2D eigenvalue weighted by Crippen LogP contribution is -2.34. The molecule has 152 valence electrons. The molecule has 0 radical (unpaired) electrons. The van der Waals surface area contributed by atoms with Gasteiger partial charge in [-0.15, -0.1) is 12.4 Å². The molecule has 5 heteroatoms. The molecule has 1 unspecified atom stereocenters. The maximum absolute atomic E-state index is 11.3. The maximum atomic E-state index is 11.3. The lowest BCUT2D eigenvalue weighted by atomic mass is 9.98. The van der Waals surface area contributed by atoms with Crippen molar-refractivity contribution in [2.75, 3.05) is 32.1 Å². The van der Waals surface area contributed by atoms with Gasteiger partial charge in [0, 0.05) is 25.1 Å². The van der Waals surface area contributed by atoms with Crippen molar-refractivity contribution in [1.29, 1.82) is 0 Å². The van der Waals surface area contributed by atoms with Crippen molar-refractivity contribution in [3.8, 4) is 16.9 Å². The fourth-order valence-corrected chi connectivity index (χ4v) is 3.93. The normalized spacial score (nSPS) is 16.9. The number of aryl methyl sites for hydroxylation is 2. The first-order valence-corrected chi connectivity index (χ1v) is 9.73. The zero-order valence-electron chi connectivity index (χ0n) is 17.2. The molecule has 0 saturated carbocycles. The van der Waals surface area contributed by atoms with E-state index >= 15 is 0 Å². The molecule has 0 aliphatic carbocycles. The van der Waals surface area contributed by atoms with Crippen molar-refractivity contribution in [2.24, 2.45) is 5.92 Å². The molecule has 3 rings (SSSR count). The van der Waals surface area contributed by atoms with Crippen molar-refractivity contribution in [1.82, 2.24) is 4.90 Å². The van der Waals surface area contributed by atoms with Crippen molar-refractivity contribution < 1.29 is 9.53 Å². The number of carbonyl (C=O) groups excluding carboxylic acids is 1. The van der Waals surface area contributed by atoms with Gasteiger partial charge >= 0.3 is 0 Å². The summed E-state index contributed by atoms with van der Waals surface area (Å²) < 4.78 is 6.24. The highest BCUT2D eigenvalue weighted by Gasteiger charge is 2.18. The number of rotatable bonds is 5. The molecule has 1 atom stereocenters. The molecule has 1 aliphatic heterocycles. The van der Waals surface area contributed by atoms with E-state index in [-0.39, 0.29) is 18.3 Å². The Balaban J connectivity index is 0.00000280. The Labute approximate surface area is 174 Å². The van der Waals surface area contributed by atoms with Crippen molar-refractivity contribution in [3.63, 3.8) is 0 Å². The van der Waals surface area contributed by atoms with E-state index < -0.39 is 0 Å². The van der Waals surface area contributed by atoms with Crippen molar-refractivity contribution in [2.45, 2.75) is 33.6 Å². The summed E-state index contributed by atoms with van der Waals surface area (Å²) in [7, 11) is 2.19. The summed E-state index contributed by atoms with van der Waals surface area (Å²) in [6.45, 7) is 8.83. The molecule has 0 bridgehead atoms. The Hall–Kier alpha value is -2.04.